The van der Waals surface area contributed by atoms with Crippen LogP contribution in [0.5, 0.6) is 0 Å². The smallest absolute Gasteiger partial charge is 0.328 e. The molecule has 0 aliphatic heterocycles. The van der Waals surface area contributed by atoms with E-state index in [1.54, 1.807) is 4.68 Å². The molecule has 1 heterocycles. The zero-order valence-electron chi connectivity index (χ0n) is 13.8. The monoisotopic (exact) mass is 361 g/mol. The van der Waals surface area contributed by atoms with Crippen LogP contribution in [0.15, 0.2) is 35.5 Å². The first kappa shape index (κ1) is 17.4. The molecule has 0 bridgehead atoms. The molecular formula is C16H19N5O3S. The number of amides is 1. The van der Waals surface area contributed by atoms with E-state index in [2.05, 4.69) is 20.8 Å². The fourth-order valence-corrected chi connectivity index (χ4v) is 3.14. The van der Waals surface area contributed by atoms with E-state index in [9.17, 15) is 9.59 Å². The van der Waals surface area contributed by atoms with Gasteiger partial charge in [-0.1, -0.05) is 42.1 Å². The van der Waals surface area contributed by atoms with Gasteiger partial charge in [-0.05, 0) is 28.8 Å². The van der Waals surface area contributed by atoms with Crippen molar-refractivity contribution in [3.05, 3.63) is 35.9 Å². The first-order valence-corrected chi connectivity index (χ1v) is 8.97. The predicted octanol–water partition coefficient (Wildman–Crippen LogP) is 1.00. The van der Waals surface area contributed by atoms with Gasteiger partial charge in [0.05, 0.1) is 18.9 Å². The molecule has 1 fully saturated rings. The van der Waals surface area contributed by atoms with Crippen molar-refractivity contribution in [1.82, 2.24) is 25.5 Å². The molecule has 3 rings (SSSR count). The molecule has 1 N–H and O–H groups in total. The van der Waals surface area contributed by atoms with Crippen LogP contribution in [-0.2, 0) is 20.7 Å². The minimum atomic E-state index is -0.722. The van der Waals surface area contributed by atoms with Crippen molar-refractivity contribution in [1.29, 1.82) is 0 Å². The van der Waals surface area contributed by atoms with Crippen molar-refractivity contribution >= 4 is 23.6 Å². The van der Waals surface area contributed by atoms with Gasteiger partial charge >= 0.3 is 5.97 Å². The normalized spacial score (nSPS) is 14.8. The highest BCUT2D eigenvalue weighted by Crippen LogP contribution is 2.36. The van der Waals surface area contributed by atoms with E-state index in [1.165, 1.54) is 18.9 Å². The Morgan fingerprint density at radius 2 is 2.12 bits per heavy atom. The van der Waals surface area contributed by atoms with E-state index in [4.69, 9.17) is 4.74 Å². The summed E-state index contributed by atoms with van der Waals surface area (Å²) in [6.07, 6.45) is 2.50. The molecule has 0 spiro atoms. The number of hydrogen-bond acceptors (Lipinski definition) is 7. The Morgan fingerprint density at radius 1 is 1.36 bits per heavy atom. The van der Waals surface area contributed by atoms with E-state index in [-0.39, 0.29) is 11.7 Å². The fourth-order valence-electron chi connectivity index (χ4n) is 2.38. The lowest BCUT2D eigenvalue weighted by molar-refractivity contribution is -0.144. The van der Waals surface area contributed by atoms with Crippen molar-refractivity contribution < 1.29 is 14.3 Å². The molecule has 1 aliphatic rings. The summed E-state index contributed by atoms with van der Waals surface area (Å²) in [5.41, 5.74) is 0.948. The lowest BCUT2D eigenvalue weighted by Gasteiger charge is -2.16. The van der Waals surface area contributed by atoms with Crippen molar-refractivity contribution in [3.8, 4) is 0 Å². The summed E-state index contributed by atoms with van der Waals surface area (Å²) in [6.45, 7) is 0. The third-order valence-corrected chi connectivity index (χ3v) is 4.72. The van der Waals surface area contributed by atoms with Gasteiger partial charge in [-0.15, -0.1) is 5.10 Å². The van der Waals surface area contributed by atoms with Gasteiger partial charge in [-0.2, -0.15) is 0 Å². The van der Waals surface area contributed by atoms with Crippen molar-refractivity contribution in [2.24, 2.45) is 0 Å². The van der Waals surface area contributed by atoms with Crippen LogP contribution in [0.25, 0.3) is 0 Å². The number of thioether (sulfide) groups is 1. The van der Waals surface area contributed by atoms with E-state index < -0.39 is 12.0 Å². The number of ether oxygens (including phenoxy) is 1. The number of carbonyl (C=O) groups is 2. The van der Waals surface area contributed by atoms with E-state index in [0.29, 0.717) is 17.6 Å². The highest BCUT2D eigenvalue weighted by molar-refractivity contribution is 7.99. The van der Waals surface area contributed by atoms with Crippen LogP contribution < -0.4 is 5.32 Å². The Bertz CT molecular complexity index is 732. The Hall–Kier alpha value is -2.42. The topological polar surface area (TPSA) is 99.0 Å². The molecule has 25 heavy (non-hydrogen) atoms. The molecule has 1 aromatic carbocycles. The minimum Gasteiger partial charge on any atom is -0.467 e. The zero-order chi connectivity index (χ0) is 17.6. The number of esters is 1. The largest absolute Gasteiger partial charge is 0.467 e. The average Bonchev–Trinajstić information content (AvgIpc) is 3.37. The summed E-state index contributed by atoms with van der Waals surface area (Å²) in [5.74, 6) is -0.596. The van der Waals surface area contributed by atoms with Crippen LogP contribution in [0.2, 0.25) is 0 Å². The summed E-state index contributed by atoms with van der Waals surface area (Å²) in [4.78, 5) is 24.2. The van der Waals surface area contributed by atoms with Gasteiger partial charge in [0.25, 0.3) is 0 Å². The number of hydrogen-bond donors (Lipinski definition) is 1. The summed E-state index contributed by atoms with van der Waals surface area (Å²) < 4.78 is 6.55. The van der Waals surface area contributed by atoms with Gasteiger partial charge in [0.1, 0.15) is 6.04 Å². The average molecular weight is 361 g/mol. The highest BCUT2D eigenvalue weighted by atomic mass is 32.2. The molecule has 1 unspecified atom stereocenters. The quantitative estimate of drug-likeness (QED) is 0.553. The zero-order valence-corrected chi connectivity index (χ0v) is 14.6. The van der Waals surface area contributed by atoms with Gasteiger partial charge in [0.2, 0.25) is 11.1 Å². The summed E-state index contributed by atoms with van der Waals surface area (Å²) in [6, 6.07) is 9.11. The molecule has 1 aromatic heterocycles. The minimum absolute atomic E-state index is 0.134. The van der Waals surface area contributed by atoms with Crippen LogP contribution in [0.4, 0.5) is 0 Å². The second kappa shape index (κ2) is 8.11. The molecule has 8 nitrogen and oxygen atoms in total. The Morgan fingerprint density at radius 3 is 2.80 bits per heavy atom. The van der Waals surface area contributed by atoms with Gasteiger partial charge in [0, 0.05) is 6.42 Å². The third kappa shape index (κ3) is 4.79. The summed E-state index contributed by atoms with van der Waals surface area (Å²) >= 11 is 1.26. The Kier molecular flexibility index (Phi) is 5.64. The van der Waals surface area contributed by atoms with Crippen LogP contribution in [-0.4, -0.2) is 51.0 Å². The Labute approximate surface area is 149 Å². The van der Waals surface area contributed by atoms with Gasteiger partial charge in [-0.3, -0.25) is 4.79 Å². The van der Waals surface area contributed by atoms with Crippen LogP contribution in [0.1, 0.15) is 24.4 Å². The number of nitrogens with zero attached hydrogens (tertiary/aromatic N) is 4. The number of benzene rings is 1. The van der Waals surface area contributed by atoms with Crippen molar-refractivity contribution in [3.63, 3.8) is 0 Å². The summed E-state index contributed by atoms with van der Waals surface area (Å²) in [7, 11) is 1.31. The van der Waals surface area contributed by atoms with Crippen molar-refractivity contribution in [2.45, 2.75) is 36.5 Å². The number of methoxy groups -OCH3 is 1. The fraction of sp³-hybridized carbons (Fsp3) is 0.438. The molecule has 1 aliphatic carbocycles. The second-order valence-electron chi connectivity index (χ2n) is 5.76. The standard InChI is InChI=1S/C16H19N5O3S/c1-24-15(23)13(9-11-5-3-2-4-6-11)17-14(22)10-25-16-18-19-20-21(16)12-7-8-12/h2-6,12-13H,7-10H2,1H3,(H,17,22). The maximum atomic E-state index is 12.2. The number of carbonyl (C=O) groups excluding carboxylic acids is 2. The van der Waals surface area contributed by atoms with E-state index >= 15 is 0 Å². The second-order valence-corrected chi connectivity index (χ2v) is 6.70. The number of tetrazole rings is 1. The number of nitrogens with one attached hydrogen (secondary N) is 1. The van der Waals surface area contributed by atoms with Crippen LogP contribution >= 0.6 is 11.8 Å². The van der Waals surface area contributed by atoms with Crippen LogP contribution in [0, 0.1) is 0 Å². The van der Waals surface area contributed by atoms with Gasteiger partial charge in [0.15, 0.2) is 0 Å². The van der Waals surface area contributed by atoms with E-state index in [1.807, 2.05) is 30.3 Å². The first-order chi connectivity index (χ1) is 12.2. The number of rotatable bonds is 8. The lowest BCUT2D eigenvalue weighted by Crippen LogP contribution is -2.43. The van der Waals surface area contributed by atoms with Gasteiger partial charge < -0.3 is 10.1 Å². The summed E-state index contributed by atoms with van der Waals surface area (Å²) in [5, 5.41) is 14.9. The molecule has 1 saturated carbocycles. The van der Waals surface area contributed by atoms with Crippen LogP contribution in [0.3, 0.4) is 0 Å². The van der Waals surface area contributed by atoms with Gasteiger partial charge in [-0.25, -0.2) is 9.48 Å². The Balaban J connectivity index is 1.56. The molecule has 1 atom stereocenters. The molecule has 0 radical (unpaired) electrons. The molecule has 2 aromatic rings. The number of aromatic nitrogens is 4. The molecule has 1 amide bonds. The SMILES string of the molecule is COC(=O)C(Cc1ccccc1)NC(=O)CSc1nnnn1C1CC1. The molecular weight excluding hydrogens is 342 g/mol. The maximum Gasteiger partial charge on any atom is 0.328 e. The highest BCUT2D eigenvalue weighted by Gasteiger charge is 2.28. The first-order valence-electron chi connectivity index (χ1n) is 7.99. The lowest BCUT2D eigenvalue weighted by atomic mass is 10.1. The van der Waals surface area contributed by atoms with E-state index in [0.717, 1.165) is 18.4 Å². The molecule has 9 heteroatoms. The maximum absolute atomic E-state index is 12.2. The van der Waals surface area contributed by atoms with Crippen molar-refractivity contribution in [2.75, 3.05) is 12.9 Å². The molecule has 0 saturated heterocycles. The third-order valence-electron chi connectivity index (χ3n) is 3.79. The predicted molar refractivity (Wildman–Crippen MR) is 90.9 cm³/mol. The molecule has 132 valence electrons.